The van der Waals surface area contributed by atoms with E-state index in [1.165, 1.54) is 0 Å². The first-order valence-corrected chi connectivity index (χ1v) is 8.53. The average Bonchev–Trinajstić information content (AvgIpc) is 3.17. The monoisotopic (exact) mass is 352 g/mol. The van der Waals surface area contributed by atoms with Crippen LogP contribution in [0.25, 0.3) is 11.4 Å². The van der Waals surface area contributed by atoms with E-state index in [-0.39, 0.29) is 0 Å². The summed E-state index contributed by atoms with van der Waals surface area (Å²) in [5.74, 6) is 2.82. The minimum Gasteiger partial charge on any atom is -0.496 e. The number of para-hydroxylation sites is 1. The van der Waals surface area contributed by atoms with Crippen molar-refractivity contribution in [3.05, 3.63) is 48.7 Å². The fraction of sp³-hybridized carbons (Fsp3) is 0.333. The quantitative estimate of drug-likeness (QED) is 0.688. The van der Waals surface area contributed by atoms with Crippen LogP contribution in [0.3, 0.4) is 0 Å². The van der Waals surface area contributed by atoms with Gasteiger partial charge < -0.3 is 14.2 Å². The largest absolute Gasteiger partial charge is 0.496 e. The van der Waals surface area contributed by atoms with Gasteiger partial charge in [0.25, 0.3) is 0 Å². The topological polar surface area (TPSA) is 80.4 Å². The van der Waals surface area contributed by atoms with Crippen molar-refractivity contribution in [1.82, 2.24) is 25.0 Å². The Hall–Kier alpha value is -3.00. The average molecular weight is 352 g/mol. The lowest BCUT2D eigenvalue weighted by Crippen LogP contribution is -2.46. The van der Waals surface area contributed by atoms with E-state index in [2.05, 4.69) is 29.9 Å². The Kier molecular flexibility index (Phi) is 4.74. The Balaban J connectivity index is 1.38. The highest BCUT2D eigenvalue weighted by Gasteiger charge is 2.21. The minimum absolute atomic E-state index is 0.552. The summed E-state index contributed by atoms with van der Waals surface area (Å²) in [7, 11) is 1.64. The molecular formula is C18H20N6O2. The lowest BCUT2D eigenvalue weighted by Gasteiger charge is -2.34. The molecule has 0 radical (unpaired) electrons. The van der Waals surface area contributed by atoms with Gasteiger partial charge in [-0.15, -0.1) is 0 Å². The second-order valence-corrected chi connectivity index (χ2v) is 6.04. The smallest absolute Gasteiger partial charge is 0.241 e. The molecule has 1 fully saturated rings. The number of piperazine rings is 1. The fourth-order valence-electron chi connectivity index (χ4n) is 3.04. The van der Waals surface area contributed by atoms with Gasteiger partial charge in [0.2, 0.25) is 11.7 Å². The predicted octanol–water partition coefficient (Wildman–Crippen LogP) is 1.86. The zero-order valence-electron chi connectivity index (χ0n) is 14.6. The van der Waals surface area contributed by atoms with E-state index in [9.17, 15) is 0 Å². The number of hydrogen-bond donors (Lipinski definition) is 0. The summed E-state index contributed by atoms with van der Waals surface area (Å²) >= 11 is 0. The van der Waals surface area contributed by atoms with Gasteiger partial charge in [0, 0.05) is 38.6 Å². The van der Waals surface area contributed by atoms with Crippen LogP contribution in [0.15, 0.2) is 47.4 Å². The van der Waals surface area contributed by atoms with Crippen LogP contribution in [0, 0.1) is 0 Å². The highest BCUT2D eigenvalue weighted by molar-refractivity contribution is 5.63. The third-order valence-corrected chi connectivity index (χ3v) is 4.42. The summed E-state index contributed by atoms with van der Waals surface area (Å²) in [4.78, 5) is 17.5. The Morgan fingerprint density at radius 2 is 1.96 bits per heavy atom. The molecule has 26 heavy (non-hydrogen) atoms. The van der Waals surface area contributed by atoms with E-state index in [0.29, 0.717) is 18.3 Å². The van der Waals surface area contributed by atoms with Gasteiger partial charge in [0.1, 0.15) is 11.6 Å². The standard InChI is InChI=1S/C18H20N6O2/c1-25-15-5-3-2-4-14(15)18-21-17(26-22-18)13-23-8-10-24(11-9-23)16-12-19-6-7-20-16/h2-7,12H,8-11,13H2,1H3. The summed E-state index contributed by atoms with van der Waals surface area (Å²) in [6.07, 6.45) is 5.21. The molecule has 0 atom stereocenters. The van der Waals surface area contributed by atoms with E-state index in [1.54, 1.807) is 25.7 Å². The normalized spacial score (nSPS) is 15.2. The Labute approximate surface area is 151 Å². The number of nitrogens with zero attached hydrogens (tertiary/aromatic N) is 6. The summed E-state index contributed by atoms with van der Waals surface area (Å²) in [6, 6.07) is 7.66. The summed E-state index contributed by atoms with van der Waals surface area (Å²) in [5, 5.41) is 4.10. The van der Waals surface area contributed by atoms with Crippen molar-refractivity contribution in [2.45, 2.75) is 6.54 Å². The molecule has 1 saturated heterocycles. The zero-order valence-corrected chi connectivity index (χ0v) is 14.6. The molecule has 1 aliphatic heterocycles. The minimum atomic E-state index is 0.552. The van der Waals surface area contributed by atoms with Crippen molar-refractivity contribution in [2.75, 3.05) is 38.2 Å². The van der Waals surface area contributed by atoms with Crippen LogP contribution in [-0.4, -0.2) is 58.3 Å². The van der Waals surface area contributed by atoms with Crippen molar-refractivity contribution < 1.29 is 9.26 Å². The van der Waals surface area contributed by atoms with Crippen molar-refractivity contribution in [3.8, 4) is 17.1 Å². The van der Waals surface area contributed by atoms with Crippen LogP contribution in [-0.2, 0) is 6.54 Å². The van der Waals surface area contributed by atoms with E-state index < -0.39 is 0 Å². The first-order chi connectivity index (χ1) is 12.8. The molecular weight excluding hydrogens is 332 g/mol. The molecule has 3 heterocycles. The number of anilines is 1. The van der Waals surface area contributed by atoms with Crippen LogP contribution in [0.1, 0.15) is 5.89 Å². The van der Waals surface area contributed by atoms with Crippen molar-refractivity contribution in [2.24, 2.45) is 0 Å². The highest BCUT2D eigenvalue weighted by atomic mass is 16.5. The van der Waals surface area contributed by atoms with Gasteiger partial charge in [-0.05, 0) is 12.1 Å². The van der Waals surface area contributed by atoms with Crippen molar-refractivity contribution in [1.29, 1.82) is 0 Å². The van der Waals surface area contributed by atoms with Gasteiger partial charge in [0.05, 0.1) is 25.4 Å². The number of methoxy groups -OCH3 is 1. The molecule has 2 aromatic heterocycles. The Bertz CT molecular complexity index is 846. The third-order valence-electron chi connectivity index (χ3n) is 4.42. The summed E-state index contributed by atoms with van der Waals surface area (Å²) in [5.41, 5.74) is 0.831. The molecule has 0 spiro atoms. The molecule has 0 amide bonds. The van der Waals surface area contributed by atoms with Crippen LogP contribution >= 0.6 is 0 Å². The Morgan fingerprint density at radius 3 is 2.73 bits per heavy atom. The molecule has 0 bridgehead atoms. The molecule has 4 rings (SSSR count). The lowest BCUT2D eigenvalue weighted by molar-refractivity contribution is 0.215. The SMILES string of the molecule is COc1ccccc1-c1noc(CN2CCN(c3cnccn3)CC2)n1. The van der Waals surface area contributed by atoms with Gasteiger partial charge in [0.15, 0.2) is 0 Å². The zero-order chi connectivity index (χ0) is 17.8. The second-order valence-electron chi connectivity index (χ2n) is 6.04. The highest BCUT2D eigenvalue weighted by Crippen LogP contribution is 2.27. The number of benzene rings is 1. The molecule has 8 heteroatoms. The maximum absolute atomic E-state index is 5.44. The third kappa shape index (κ3) is 3.50. The lowest BCUT2D eigenvalue weighted by atomic mass is 10.2. The van der Waals surface area contributed by atoms with E-state index >= 15 is 0 Å². The van der Waals surface area contributed by atoms with E-state index in [1.807, 2.05) is 24.3 Å². The molecule has 3 aromatic rings. The van der Waals surface area contributed by atoms with E-state index in [0.717, 1.165) is 43.3 Å². The molecule has 0 N–H and O–H groups in total. The molecule has 1 aliphatic rings. The maximum Gasteiger partial charge on any atom is 0.241 e. The molecule has 134 valence electrons. The summed E-state index contributed by atoms with van der Waals surface area (Å²) < 4.78 is 10.8. The van der Waals surface area contributed by atoms with Crippen LogP contribution in [0.4, 0.5) is 5.82 Å². The van der Waals surface area contributed by atoms with Crippen LogP contribution < -0.4 is 9.64 Å². The second kappa shape index (κ2) is 7.49. The number of ether oxygens (including phenoxy) is 1. The van der Waals surface area contributed by atoms with Gasteiger partial charge in [-0.25, -0.2) is 4.98 Å². The van der Waals surface area contributed by atoms with Gasteiger partial charge >= 0.3 is 0 Å². The predicted molar refractivity (Wildman–Crippen MR) is 95.8 cm³/mol. The number of rotatable bonds is 5. The summed E-state index contributed by atoms with van der Waals surface area (Å²) in [6.45, 7) is 4.24. The molecule has 8 nitrogen and oxygen atoms in total. The molecule has 0 unspecified atom stereocenters. The fourth-order valence-corrected chi connectivity index (χ4v) is 3.04. The van der Waals surface area contributed by atoms with Crippen molar-refractivity contribution >= 4 is 5.82 Å². The van der Waals surface area contributed by atoms with Gasteiger partial charge in [-0.3, -0.25) is 9.88 Å². The molecule has 0 aliphatic carbocycles. The maximum atomic E-state index is 5.44. The Morgan fingerprint density at radius 1 is 1.12 bits per heavy atom. The van der Waals surface area contributed by atoms with E-state index in [4.69, 9.17) is 9.26 Å². The molecule has 1 aromatic carbocycles. The van der Waals surface area contributed by atoms with Crippen LogP contribution in [0.5, 0.6) is 5.75 Å². The number of aromatic nitrogens is 4. The van der Waals surface area contributed by atoms with Crippen LogP contribution in [0.2, 0.25) is 0 Å². The van der Waals surface area contributed by atoms with Gasteiger partial charge in [-0.1, -0.05) is 17.3 Å². The first-order valence-electron chi connectivity index (χ1n) is 8.53. The van der Waals surface area contributed by atoms with Gasteiger partial charge in [-0.2, -0.15) is 4.98 Å². The first kappa shape index (κ1) is 16.5. The van der Waals surface area contributed by atoms with Crippen molar-refractivity contribution in [3.63, 3.8) is 0 Å². The molecule has 0 saturated carbocycles. The number of hydrogen-bond acceptors (Lipinski definition) is 8.